The van der Waals surface area contributed by atoms with Crippen molar-refractivity contribution in [3.63, 3.8) is 0 Å². The molecule has 2 aromatic rings. The number of carbonyl (C=O) groups excluding carboxylic acids is 1. The maximum absolute atomic E-state index is 12.5. The molecule has 3 aliphatic rings. The van der Waals surface area contributed by atoms with Crippen LogP contribution in [0.5, 0.6) is 5.75 Å². The lowest BCUT2D eigenvalue weighted by Gasteiger charge is -2.23. The minimum absolute atomic E-state index is 0.0136. The van der Waals surface area contributed by atoms with Crippen molar-refractivity contribution in [3.05, 3.63) is 17.7 Å². The monoisotopic (exact) mass is 344 g/mol. The molecule has 6 nitrogen and oxygen atoms in total. The highest BCUT2D eigenvalue weighted by Crippen LogP contribution is 2.39. The largest absolute Gasteiger partial charge is 0.493 e. The molecular formula is C17H20N4O2S. The molecule has 126 valence electrons. The van der Waals surface area contributed by atoms with Crippen molar-refractivity contribution in [2.45, 2.75) is 38.4 Å². The molecule has 0 saturated carbocycles. The van der Waals surface area contributed by atoms with Gasteiger partial charge < -0.3 is 10.1 Å². The number of hydrogen-bond acceptors (Lipinski definition) is 5. The lowest BCUT2D eigenvalue weighted by atomic mass is 10.1. The van der Waals surface area contributed by atoms with Crippen LogP contribution in [0, 0.1) is 0 Å². The highest BCUT2D eigenvalue weighted by atomic mass is 32.1. The van der Waals surface area contributed by atoms with E-state index in [1.165, 1.54) is 5.56 Å². The predicted molar refractivity (Wildman–Crippen MR) is 94.1 cm³/mol. The molecule has 2 amide bonds. The SMILES string of the molecule is CC(C)N1CC2NC(=O)N(c3nc4c5c(ccc4s3)OCC5)[C@@H]2C1. The highest BCUT2D eigenvalue weighted by Gasteiger charge is 2.47. The zero-order chi connectivity index (χ0) is 16.4. The zero-order valence-electron chi connectivity index (χ0n) is 13.8. The van der Waals surface area contributed by atoms with E-state index in [1.54, 1.807) is 11.3 Å². The molecule has 0 spiro atoms. The van der Waals surface area contributed by atoms with Gasteiger partial charge in [-0.1, -0.05) is 11.3 Å². The van der Waals surface area contributed by atoms with Crippen molar-refractivity contribution in [2.24, 2.45) is 0 Å². The summed E-state index contributed by atoms with van der Waals surface area (Å²) in [6.45, 7) is 6.94. The molecule has 7 heteroatoms. The average Bonchev–Trinajstić information content (AvgIpc) is 3.26. The third-order valence-electron chi connectivity index (χ3n) is 5.33. The molecule has 1 N–H and O–H groups in total. The predicted octanol–water partition coefficient (Wildman–Crippen LogP) is 2.22. The van der Waals surface area contributed by atoms with Crippen molar-refractivity contribution >= 4 is 32.7 Å². The Kier molecular flexibility index (Phi) is 3.06. The second-order valence-corrected chi connectivity index (χ2v) is 8.03. The number of rotatable bonds is 2. The maximum atomic E-state index is 12.5. The van der Waals surface area contributed by atoms with E-state index >= 15 is 0 Å². The van der Waals surface area contributed by atoms with Gasteiger partial charge in [-0.05, 0) is 26.0 Å². The van der Waals surface area contributed by atoms with Crippen molar-refractivity contribution in [3.8, 4) is 5.75 Å². The minimum atomic E-state index is -0.0136. The number of anilines is 1. The number of urea groups is 1. The minimum Gasteiger partial charge on any atom is -0.493 e. The molecule has 5 rings (SSSR count). The molecule has 2 fully saturated rings. The van der Waals surface area contributed by atoms with E-state index in [4.69, 9.17) is 9.72 Å². The van der Waals surface area contributed by atoms with Crippen LogP contribution in [-0.4, -0.2) is 53.7 Å². The molecule has 0 aliphatic carbocycles. The molecule has 4 heterocycles. The van der Waals surface area contributed by atoms with Crippen LogP contribution in [0.2, 0.25) is 0 Å². The summed E-state index contributed by atoms with van der Waals surface area (Å²) in [6, 6.07) is 4.92. The number of ether oxygens (including phenoxy) is 1. The smallest absolute Gasteiger partial charge is 0.324 e. The Bertz CT molecular complexity index is 833. The second-order valence-electron chi connectivity index (χ2n) is 7.02. The fourth-order valence-corrected chi connectivity index (χ4v) is 5.06. The Hall–Kier alpha value is -1.86. The van der Waals surface area contributed by atoms with E-state index in [2.05, 4.69) is 30.1 Å². The van der Waals surface area contributed by atoms with Gasteiger partial charge in [0.1, 0.15) is 5.75 Å². The van der Waals surface area contributed by atoms with Crippen LogP contribution in [0.25, 0.3) is 10.2 Å². The number of nitrogens with zero attached hydrogens (tertiary/aromatic N) is 3. The molecular weight excluding hydrogens is 324 g/mol. The number of aromatic nitrogens is 1. The van der Waals surface area contributed by atoms with Crippen LogP contribution in [0.1, 0.15) is 19.4 Å². The van der Waals surface area contributed by atoms with Crippen LogP contribution >= 0.6 is 11.3 Å². The van der Waals surface area contributed by atoms with Crippen molar-refractivity contribution in [1.29, 1.82) is 0 Å². The highest BCUT2D eigenvalue weighted by molar-refractivity contribution is 7.22. The lowest BCUT2D eigenvalue weighted by Crippen LogP contribution is -2.40. The Labute approximate surface area is 144 Å². The third-order valence-corrected chi connectivity index (χ3v) is 6.35. The molecule has 0 radical (unpaired) electrons. The van der Waals surface area contributed by atoms with Gasteiger partial charge in [-0.25, -0.2) is 9.78 Å². The normalized spacial score (nSPS) is 26.1. The molecule has 2 saturated heterocycles. The van der Waals surface area contributed by atoms with Gasteiger partial charge in [-0.3, -0.25) is 9.80 Å². The summed E-state index contributed by atoms with van der Waals surface area (Å²) in [6.07, 6.45) is 0.898. The summed E-state index contributed by atoms with van der Waals surface area (Å²) in [5, 5.41) is 3.94. The summed E-state index contributed by atoms with van der Waals surface area (Å²) in [4.78, 5) is 21.6. The average molecular weight is 344 g/mol. The third kappa shape index (κ3) is 1.97. The first kappa shape index (κ1) is 14.5. The van der Waals surface area contributed by atoms with Gasteiger partial charge in [0.2, 0.25) is 0 Å². The van der Waals surface area contributed by atoms with Gasteiger partial charge in [0.05, 0.1) is 28.9 Å². The number of fused-ring (bicyclic) bond motifs is 4. The van der Waals surface area contributed by atoms with Crippen LogP contribution < -0.4 is 15.0 Å². The molecule has 1 aromatic carbocycles. The van der Waals surface area contributed by atoms with E-state index in [1.807, 2.05) is 11.0 Å². The number of nitrogens with one attached hydrogen (secondary N) is 1. The van der Waals surface area contributed by atoms with Crippen LogP contribution in [-0.2, 0) is 6.42 Å². The summed E-state index contributed by atoms with van der Waals surface area (Å²) in [7, 11) is 0. The van der Waals surface area contributed by atoms with E-state index in [9.17, 15) is 4.79 Å². The van der Waals surface area contributed by atoms with Crippen molar-refractivity contribution in [1.82, 2.24) is 15.2 Å². The van der Waals surface area contributed by atoms with Gasteiger partial charge in [0.15, 0.2) is 5.13 Å². The van der Waals surface area contributed by atoms with Gasteiger partial charge in [0, 0.05) is 31.1 Å². The van der Waals surface area contributed by atoms with E-state index in [0.29, 0.717) is 6.04 Å². The summed E-state index contributed by atoms with van der Waals surface area (Å²) in [5.74, 6) is 0.940. The summed E-state index contributed by atoms with van der Waals surface area (Å²) in [5.41, 5.74) is 2.18. The van der Waals surface area contributed by atoms with Crippen molar-refractivity contribution < 1.29 is 9.53 Å². The Morgan fingerprint density at radius 1 is 1.38 bits per heavy atom. The number of hydrogen-bond donors (Lipinski definition) is 1. The van der Waals surface area contributed by atoms with E-state index in [0.717, 1.165) is 47.2 Å². The topological polar surface area (TPSA) is 57.7 Å². The first-order chi connectivity index (χ1) is 11.6. The van der Waals surface area contributed by atoms with Gasteiger partial charge in [-0.15, -0.1) is 0 Å². The molecule has 1 aromatic heterocycles. The standard InChI is InChI=1S/C17H20N4O2S/c1-9(2)20-7-11-12(8-20)21(16(22)18-11)17-19-15-10-5-6-23-13(10)3-4-14(15)24-17/h3-4,9,11-12H,5-8H2,1-2H3,(H,18,22)/t11?,12-/m1/s1. The molecule has 3 aliphatic heterocycles. The Morgan fingerprint density at radius 3 is 3.08 bits per heavy atom. The number of benzene rings is 1. The van der Waals surface area contributed by atoms with Crippen LogP contribution in [0.3, 0.4) is 0 Å². The Morgan fingerprint density at radius 2 is 2.25 bits per heavy atom. The van der Waals surface area contributed by atoms with Crippen LogP contribution in [0.4, 0.5) is 9.93 Å². The lowest BCUT2D eigenvalue weighted by molar-refractivity contribution is 0.238. The van der Waals surface area contributed by atoms with Gasteiger partial charge in [-0.2, -0.15) is 0 Å². The number of thiazole rings is 1. The zero-order valence-corrected chi connectivity index (χ0v) is 14.6. The molecule has 1 unspecified atom stereocenters. The number of amides is 2. The van der Waals surface area contributed by atoms with Crippen molar-refractivity contribution in [2.75, 3.05) is 24.6 Å². The first-order valence-corrected chi connectivity index (χ1v) is 9.32. The fraction of sp³-hybridized carbons (Fsp3) is 0.529. The summed E-state index contributed by atoms with van der Waals surface area (Å²) >= 11 is 1.60. The molecule has 0 bridgehead atoms. The van der Waals surface area contributed by atoms with E-state index in [-0.39, 0.29) is 18.1 Å². The Balaban J connectivity index is 1.54. The van der Waals surface area contributed by atoms with E-state index < -0.39 is 0 Å². The quantitative estimate of drug-likeness (QED) is 0.908. The van der Waals surface area contributed by atoms with Gasteiger partial charge in [0.25, 0.3) is 0 Å². The maximum Gasteiger partial charge on any atom is 0.324 e. The molecule has 2 atom stereocenters. The number of likely N-dealkylation sites (tertiary alicyclic amines) is 1. The fourth-order valence-electron chi connectivity index (χ4n) is 4.01. The van der Waals surface area contributed by atoms with Gasteiger partial charge >= 0.3 is 6.03 Å². The van der Waals surface area contributed by atoms with Crippen LogP contribution in [0.15, 0.2) is 12.1 Å². The molecule has 24 heavy (non-hydrogen) atoms. The number of carbonyl (C=O) groups is 1. The first-order valence-electron chi connectivity index (χ1n) is 8.51. The summed E-state index contributed by atoms with van der Waals surface area (Å²) < 4.78 is 6.77. The second kappa shape index (κ2) is 5.07.